The summed E-state index contributed by atoms with van der Waals surface area (Å²) in [6, 6.07) is 21.3. The van der Waals surface area contributed by atoms with Gasteiger partial charge in [0, 0.05) is 29.9 Å². The van der Waals surface area contributed by atoms with Gasteiger partial charge in [-0.25, -0.2) is 8.42 Å². The summed E-state index contributed by atoms with van der Waals surface area (Å²) in [7, 11) is -3.52. The van der Waals surface area contributed by atoms with E-state index in [0.717, 1.165) is 23.2 Å². The molecule has 0 bridgehead atoms. The first kappa shape index (κ1) is 23.5. The highest BCUT2D eigenvalue weighted by molar-refractivity contribution is 7.92. The van der Waals surface area contributed by atoms with E-state index < -0.39 is 10.0 Å². The van der Waals surface area contributed by atoms with Crippen molar-refractivity contribution >= 4 is 38.9 Å². The zero-order chi connectivity index (χ0) is 24.3. The summed E-state index contributed by atoms with van der Waals surface area (Å²) in [5.74, 6) is -0.191. The fraction of sp³-hybridized carbons (Fsp3) is 0.231. The smallest absolute Gasteiger partial charge is 0.255 e. The van der Waals surface area contributed by atoms with Crippen molar-refractivity contribution in [1.82, 2.24) is 0 Å². The molecule has 0 unspecified atom stereocenters. The Morgan fingerprint density at radius 3 is 2.26 bits per heavy atom. The van der Waals surface area contributed by atoms with Gasteiger partial charge in [-0.1, -0.05) is 24.3 Å². The van der Waals surface area contributed by atoms with Gasteiger partial charge < -0.3 is 10.2 Å². The molecule has 3 aromatic rings. The Labute approximate surface area is 200 Å². The fourth-order valence-corrected chi connectivity index (χ4v) is 4.85. The molecule has 8 heteroatoms. The van der Waals surface area contributed by atoms with E-state index in [2.05, 4.69) is 5.32 Å². The maximum absolute atomic E-state index is 12.7. The fourth-order valence-electron chi connectivity index (χ4n) is 3.97. The summed E-state index contributed by atoms with van der Waals surface area (Å²) in [5.41, 5.74) is 4.25. The number of rotatable bonds is 7. The lowest BCUT2D eigenvalue weighted by atomic mass is 10.1. The van der Waals surface area contributed by atoms with Gasteiger partial charge in [0.05, 0.1) is 18.5 Å². The lowest BCUT2D eigenvalue weighted by Gasteiger charge is -2.23. The molecule has 1 heterocycles. The molecule has 0 aliphatic carbocycles. The SMILES string of the molecule is Cc1ccccc1CN(c1ccc(C(=O)Nc2ccc(N3CCCC3=O)cc2)cc1)S(C)(=O)=O. The van der Waals surface area contributed by atoms with E-state index in [1.54, 1.807) is 41.3 Å². The largest absolute Gasteiger partial charge is 0.322 e. The molecule has 1 saturated heterocycles. The molecule has 1 aliphatic heterocycles. The number of hydrogen-bond acceptors (Lipinski definition) is 4. The molecule has 34 heavy (non-hydrogen) atoms. The molecule has 0 spiro atoms. The van der Waals surface area contributed by atoms with E-state index in [4.69, 9.17) is 0 Å². The Kier molecular flexibility index (Phi) is 6.70. The van der Waals surface area contributed by atoms with Gasteiger partial charge in [0.2, 0.25) is 15.9 Å². The molecule has 176 valence electrons. The van der Waals surface area contributed by atoms with Crippen molar-refractivity contribution in [3.63, 3.8) is 0 Å². The zero-order valence-corrected chi connectivity index (χ0v) is 20.0. The number of anilines is 3. The van der Waals surface area contributed by atoms with Crippen LogP contribution >= 0.6 is 0 Å². The number of hydrogen-bond donors (Lipinski definition) is 1. The molecule has 2 amide bonds. The third-order valence-electron chi connectivity index (χ3n) is 5.90. The van der Waals surface area contributed by atoms with Gasteiger partial charge in [-0.3, -0.25) is 13.9 Å². The van der Waals surface area contributed by atoms with Crippen LogP contribution in [0.2, 0.25) is 0 Å². The third-order valence-corrected chi connectivity index (χ3v) is 7.04. The van der Waals surface area contributed by atoms with Crippen molar-refractivity contribution in [2.24, 2.45) is 0 Å². The molecule has 0 saturated carbocycles. The normalized spacial score (nSPS) is 13.7. The number of benzene rings is 3. The van der Waals surface area contributed by atoms with Crippen molar-refractivity contribution in [2.45, 2.75) is 26.3 Å². The molecule has 0 radical (unpaired) electrons. The maximum atomic E-state index is 12.7. The Bertz CT molecular complexity index is 1300. The molecule has 3 aromatic carbocycles. The van der Waals surface area contributed by atoms with E-state index in [-0.39, 0.29) is 18.4 Å². The first-order chi connectivity index (χ1) is 16.2. The van der Waals surface area contributed by atoms with Crippen LogP contribution in [-0.4, -0.2) is 33.0 Å². The number of nitrogens with one attached hydrogen (secondary N) is 1. The highest BCUT2D eigenvalue weighted by Gasteiger charge is 2.22. The lowest BCUT2D eigenvalue weighted by Crippen LogP contribution is -2.29. The second-order valence-corrected chi connectivity index (χ2v) is 10.3. The molecule has 7 nitrogen and oxygen atoms in total. The summed E-state index contributed by atoms with van der Waals surface area (Å²) in [6.45, 7) is 2.87. The van der Waals surface area contributed by atoms with E-state index in [1.165, 1.54) is 10.6 Å². The summed E-state index contributed by atoms with van der Waals surface area (Å²) in [4.78, 5) is 26.4. The molecule has 1 aliphatic rings. The van der Waals surface area contributed by atoms with Crippen LogP contribution in [0.25, 0.3) is 0 Å². The number of carbonyl (C=O) groups is 2. The highest BCUT2D eigenvalue weighted by atomic mass is 32.2. The second kappa shape index (κ2) is 9.69. The van der Waals surface area contributed by atoms with Crippen LogP contribution in [0.1, 0.15) is 34.3 Å². The number of amides is 2. The van der Waals surface area contributed by atoms with Gasteiger partial charge in [-0.2, -0.15) is 0 Å². The van der Waals surface area contributed by atoms with E-state index in [0.29, 0.717) is 29.9 Å². The van der Waals surface area contributed by atoms with Crippen LogP contribution in [0.15, 0.2) is 72.8 Å². The standard InChI is InChI=1S/C26H27N3O4S/c1-19-6-3-4-7-21(19)18-29(34(2,32)33)24-13-9-20(10-14-24)26(31)27-22-11-15-23(16-12-22)28-17-5-8-25(28)30/h3-4,6-7,9-16H,5,8,17-18H2,1-2H3,(H,27,31). The van der Waals surface area contributed by atoms with Crippen molar-refractivity contribution in [3.8, 4) is 0 Å². The van der Waals surface area contributed by atoms with E-state index in [1.807, 2.05) is 43.3 Å². The summed E-state index contributed by atoms with van der Waals surface area (Å²) < 4.78 is 26.3. The summed E-state index contributed by atoms with van der Waals surface area (Å²) in [6.07, 6.45) is 2.59. The predicted molar refractivity (Wildman–Crippen MR) is 135 cm³/mol. The van der Waals surface area contributed by atoms with Crippen LogP contribution in [0, 0.1) is 6.92 Å². The van der Waals surface area contributed by atoms with Gasteiger partial charge in [0.15, 0.2) is 0 Å². The Hall–Kier alpha value is -3.65. The first-order valence-corrected chi connectivity index (χ1v) is 12.9. The zero-order valence-electron chi connectivity index (χ0n) is 19.2. The Morgan fingerprint density at radius 1 is 1.00 bits per heavy atom. The molecular weight excluding hydrogens is 450 g/mol. The number of nitrogens with zero attached hydrogens (tertiary/aromatic N) is 2. The van der Waals surface area contributed by atoms with Gasteiger partial charge in [0.1, 0.15) is 0 Å². The Morgan fingerprint density at radius 2 is 1.68 bits per heavy atom. The molecule has 1 fully saturated rings. The highest BCUT2D eigenvalue weighted by Crippen LogP contribution is 2.25. The monoisotopic (exact) mass is 477 g/mol. The second-order valence-electron chi connectivity index (χ2n) is 8.39. The molecular formula is C26H27N3O4S. The summed E-state index contributed by atoms with van der Waals surface area (Å²) in [5, 5.41) is 2.84. The van der Waals surface area contributed by atoms with Gasteiger partial charge in [-0.05, 0) is 73.0 Å². The first-order valence-electron chi connectivity index (χ1n) is 11.1. The minimum absolute atomic E-state index is 0.113. The quantitative estimate of drug-likeness (QED) is 0.548. The molecule has 1 N–H and O–H groups in total. The van der Waals surface area contributed by atoms with Crippen molar-refractivity contribution in [2.75, 3.05) is 27.3 Å². The van der Waals surface area contributed by atoms with Crippen LogP contribution in [0.5, 0.6) is 0 Å². The topological polar surface area (TPSA) is 86.8 Å². The molecule has 4 rings (SSSR count). The van der Waals surface area contributed by atoms with Gasteiger partial charge >= 0.3 is 0 Å². The average Bonchev–Trinajstić information content (AvgIpc) is 3.24. The van der Waals surface area contributed by atoms with Crippen LogP contribution in [0.4, 0.5) is 17.1 Å². The third kappa shape index (κ3) is 5.28. The van der Waals surface area contributed by atoms with Crippen molar-refractivity contribution in [1.29, 1.82) is 0 Å². The van der Waals surface area contributed by atoms with Crippen molar-refractivity contribution < 1.29 is 18.0 Å². The maximum Gasteiger partial charge on any atom is 0.255 e. The van der Waals surface area contributed by atoms with E-state index in [9.17, 15) is 18.0 Å². The van der Waals surface area contributed by atoms with Crippen molar-refractivity contribution in [3.05, 3.63) is 89.5 Å². The van der Waals surface area contributed by atoms with E-state index >= 15 is 0 Å². The lowest BCUT2D eigenvalue weighted by molar-refractivity contribution is -0.117. The molecule has 0 aromatic heterocycles. The van der Waals surface area contributed by atoms with Crippen LogP contribution in [-0.2, 0) is 21.4 Å². The van der Waals surface area contributed by atoms with Crippen LogP contribution < -0.4 is 14.5 Å². The number of aryl methyl sites for hydroxylation is 1. The van der Waals surface area contributed by atoms with Gasteiger partial charge in [-0.15, -0.1) is 0 Å². The predicted octanol–water partition coefficient (Wildman–Crippen LogP) is 4.34. The minimum Gasteiger partial charge on any atom is -0.322 e. The Balaban J connectivity index is 1.47. The van der Waals surface area contributed by atoms with Gasteiger partial charge in [0.25, 0.3) is 5.91 Å². The van der Waals surface area contributed by atoms with Crippen LogP contribution in [0.3, 0.4) is 0 Å². The minimum atomic E-state index is -3.52. The number of carbonyl (C=O) groups excluding carboxylic acids is 2. The average molecular weight is 478 g/mol. The summed E-state index contributed by atoms with van der Waals surface area (Å²) >= 11 is 0. The number of sulfonamides is 1. The molecule has 0 atom stereocenters.